The Morgan fingerprint density at radius 1 is 1.47 bits per heavy atom. The van der Waals surface area contributed by atoms with E-state index in [1.54, 1.807) is 0 Å². The number of fused-ring (bicyclic) bond motifs is 1. The van der Waals surface area contributed by atoms with Crippen LogP contribution in [0.4, 0.5) is 0 Å². The maximum Gasteiger partial charge on any atom is 0.130 e. The van der Waals surface area contributed by atoms with E-state index in [1.165, 1.54) is 0 Å². The summed E-state index contributed by atoms with van der Waals surface area (Å²) in [7, 11) is 0. The number of benzene rings is 1. The number of rotatable bonds is 1. The average Bonchev–Trinajstić information content (AvgIpc) is 2.17. The third-order valence-electron chi connectivity index (χ3n) is 2.77. The SMILES string of the molecule is CC(C)c1ccc(Cl)c2c1OCC[C@@H]2O. The lowest BCUT2D eigenvalue weighted by Gasteiger charge is -2.26. The highest BCUT2D eigenvalue weighted by atomic mass is 35.5. The van der Waals surface area contributed by atoms with Crippen LogP contribution in [-0.2, 0) is 0 Å². The first kappa shape index (κ1) is 10.8. The lowest BCUT2D eigenvalue weighted by atomic mass is 9.94. The van der Waals surface area contributed by atoms with Crippen molar-refractivity contribution in [2.24, 2.45) is 0 Å². The Kier molecular flexibility index (Phi) is 2.89. The van der Waals surface area contributed by atoms with Gasteiger partial charge in [0.25, 0.3) is 0 Å². The zero-order valence-electron chi connectivity index (χ0n) is 8.96. The average molecular weight is 227 g/mol. The predicted octanol–water partition coefficient (Wildman–Crippen LogP) is 3.28. The van der Waals surface area contributed by atoms with Gasteiger partial charge >= 0.3 is 0 Å². The molecule has 1 aliphatic rings. The number of hydrogen-bond acceptors (Lipinski definition) is 2. The Bertz CT molecular complexity index is 374. The Morgan fingerprint density at radius 3 is 2.87 bits per heavy atom. The van der Waals surface area contributed by atoms with Crippen molar-refractivity contribution >= 4 is 11.6 Å². The number of halogens is 1. The summed E-state index contributed by atoms with van der Waals surface area (Å²) in [5, 5.41) is 10.5. The molecule has 0 saturated heterocycles. The second kappa shape index (κ2) is 4.03. The predicted molar refractivity (Wildman–Crippen MR) is 60.6 cm³/mol. The van der Waals surface area contributed by atoms with E-state index < -0.39 is 6.10 Å². The fourth-order valence-electron chi connectivity index (χ4n) is 1.94. The zero-order chi connectivity index (χ0) is 11.0. The molecule has 2 rings (SSSR count). The number of hydrogen-bond donors (Lipinski definition) is 1. The minimum absolute atomic E-state index is 0.376. The van der Waals surface area contributed by atoms with Crippen LogP contribution in [0.1, 0.15) is 43.4 Å². The van der Waals surface area contributed by atoms with Gasteiger partial charge in [-0.3, -0.25) is 0 Å². The molecule has 1 N–H and O–H groups in total. The molecule has 0 fully saturated rings. The number of aliphatic hydroxyl groups excluding tert-OH is 1. The standard InChI is InChI=1S/C12H15ClO2/c1-7(2)8-3-4-9(13)11-10(14)5-6-15-12(8)11/h3-4,7,10,14H,5-6H2,1-2H3/t10-/m0/s1. The highest BCUT2D eigenvalue weighted by Crippen LogP contribution is 2.42. The molecular weight excluding hydrogens is 212 g/mol. The van der Waals surface area contributed by atoms with Crippen LogP contribution >= 0.6 is 11.6 Å². The van der Waals surface area contributed by atoms with Crippen LogP contribution in [0.3, 0.4) is 0 Å². The van der Waals surface area contributed by atoms with E-state index in [0.717, 1.165) is 16.9 Å². The van der Waals surface area contributed by atoms with Gasteiger partial charge in [-0.15, -0.1) is 0 Å². The maximum atomic E-state index is 9.88. The lowest BCUT2D eigenvalue weighted by Crippen LogP contribution is -2.16. The van der Waals surface area contributed by atoms with Gasteiger partial charge in [-0.2, -0.15) is 0 Å². The quantitative estimate of drug-likeness (QED) is 0.797. The summed E-state index contributed by atoms with van der Waals surface area (Å²) in [6.07, 6.45) is 0.133. The van der Waals surface area contributed by atoms with Crippen molar-refractivity contribution in [3.8, 4) is 5.75 Å². The molecule has 0 radical (unpaired) electrons. The van der Waals surface area contributed by atoms with Crippen LogP contribution < -0.4 is 4.74 Å². The molecule has 3 heteroatoms. The number of ether oxygens (including phenoxy) is 1. The molecule has 0 spiro atoms. The van der Waals surface area contributed by atoms with E-state index in [0.29, 0.717) is 24.0 Å². The molecule has 15 heavy (non-hydrogen) atoms. The fraction of sp³-hybridized carbons (Fsp3) is 0.500. The summed E-state index contributed by atoms with van der Waals surface area (Å²) in [5.74, 6) is 1.16. The third kappa shape index (κ3) is 1.84. The van der Waals surface area contributed by atoms with Gasteiger partial charge in [0.1, 0.15) is 5.75 Å². The van der Waals surface area contributed by atoms with Crippen LogP contribution in [0.5, 0.6) is 5.75 Å². The molecule has 1 aliphatic heterocycles. The lowest BCUT2D eigenvalue weighted by molar-refractivity contribution is 0.114. The molecule has 0 saturated carbocycles. The Labute approximate surface area is 94.8 Å². The second-order valence-corrected chi connectivity index (χ2v) is 4.59. The third-order valence-corrected chi connectivity index (χ3v) is 3.10. The summed E-state index contributed by atoms with van der Waals surface area (Å²) < 4.78 is 5.62. The van der Waals surface area contributed by atoms with Crippen molar-refractivity contribution in [1.29, 1.82) is 0 Å². The van der Waals surface area contributed by atoms with Crippen LogP contribution in [0, 0.1) is 0 Å². The van der Waals surface area contributed by atoms with E-state index >= 15 is 0 Å². The largest absolute Gasteiger partial charge is 0.493 e. The molecule has 1 aromatic carbocycles. The minimum Gasteiger partial charge on any atom is -0.493 e. The first-order valence-corrected chi connectivity index (χ1v) is 5.62. The first-order chi connectivity index (χ1) is 7.11. The molecule has 0 aromatic heterocycles. The summed E-state index contributed by atoms with van der Waals surface area (Å²) in [5.41, 5.74) is 1.88. The smallest absolute Gasteiger partial charge is 0.130 e. The van der Waals surface area contributed by atoms with E-state index in [1.807, 2.05) is 12.1 Å². The molecule has 0 amide bonds. The van der Waals surface area contributed by atoms with Gasteiger partial charge in [0, 0.05) is 12.0 Å². The van der Waals surface area contributed by atoms with Crippen molar-refractivity contribution in [2.75, 3.05) is 6.61 Å². The van der Waals surface area contributed by atoms with Gasteiger partial charge < -0.3 is 9.84 Å². The van der Waals surface area contributed by atoms with Gasteiger partial charge in [0.05, 0.1) is 17.7 Å². The fourth-order valence-corrected chi connectivity index (χ4v) is 2.21. The van der Waals surface area contributed by atoms with Crippen molar-refractivity contribution < 1.29 is 9.84 Å². The monoisotopic (exact) mass is 226 g/mol. The summed E-state index contributed by atoms with van der Waals surface area (Å²) in [4.78, 5) is 0. The molecule has 1 aromatic rings. The maximum absolute atomic E-state index is 9.88. The molecule has 2 nitrogen and oxygen atoms in total. The molecule has 0 aliphatic carbocycles. The highest BCUT2D eigenvalue weighted by Gasteiger charge is 2.25. The molecule has 0 unspecified atom stereocenters. The minimum atomic E-state index is -0.486. The zero-order valence-corrected chi connectivity index (χ0v) is 9.71. The van der Waals surface area contributed by atoms with Crippen molar-refractivity contribution in [3.63, 3.8) is 0 Å². The Hall–Kier alpha value is -0.730. The van der Waals surface area contributed by atoms with Gasteiger partial charge in [-0.1, -0.05) is 31.5 Å². The van der Waals surface area contributed by atoms with Crippen LogP contribution in [0.15, 0.2) is 12.1 Å². The van der Waals surface area contributed by atoms with Crippen molar-refractivity contribution in [3.05, 3.63) is 28.3 Å². The normalized spacial score (nSPS) is 19.9. The van der Waals surface area contributed by atoms with Crippen molar-refractivity contribution in [1.82, 2.24) is 0 Å². The summed E-state index contributed by atoms with van der Waals surface area (Å²) in [6, 6.07) is 3.82. The Balaban J connectivity index is 2.58. The topological polar surface area (TPSA) is 29.5 Å². The summed E-state index contributed by atoms with van der Waals surface area (Å²) >= 11 is 6.07. The van der Waals surface area contributed by atoms with E-state index in [2.05, 4.69) is 13.8 Å². The van der Waals surface area contributed by atoms with E-state index in [4.69, 9.17) is 16.3 Å². The first-order valence-electron chi connectivity index (χ1n) is 5.24. The van der Waals surface area contributed by atoms with Crippen LogP contribution in [0.25, 0.3) is 0 Å². The van der Waals surface area contributed by atoms with Gasteiger partial charge in [-0.25, -0.2) is 0 Å². The van der Waals surface area contributed by atoms with Crippen LogP contribution in [0.2, 0.25) is 5.02 Å². The molecule has 82 valence electrons. The summed E-state index contributed by atoms with van der Waals surface area (Å²) in [6.45, 7) is 4.77. The van der Waals surface area contributed by atoms with Gasteiger partial charge in [0.2, 0.25) is 0 Å². The molecule has 1 heterocycles. The second-order valence-electron chi connectivity index (χ2n) is 4.19. The van der Waals surface area contributed by atoms with Crippen LogP contribution in [-0.4, -0.2) is 11.7 Å². The Morgan fingerprint density at radius 2 is 2.20 bits per heavy atom. The number of aliphatic hydroxyl groups is 1. The molecule has 0 bridgehead atoms. The van der Waals surface area contributed by atoms with Gasteiger partial charge in [-0.05, 0) is 17.5 Å². The molecule has 1 atom stereocenters. The van der Waals surface area contributed by atoms with E-state index in [9.17, 15) is 5.11 Å². The van der Waals surface area contributed by atoms with Gasteiger partial charge in [0.15, 0.2) is 0 Å². The molecular formula is C12H15ClO2. The van der Waals surface area contributed by atoms with E-state index in [-0.39, 0.29) is 0 Å². The highest BCUT2D eigenvalue weighted by molar-refractivity contribution is 6.31. The van der Waals surface area contributed by atoms with Crippen molar-refractivity contribution in [2.45, 2.75) is 32.3 Å².